The summed E-state index contributed by atoms with van der Waals surface area (Å²) in [5.41, 5.74) is 4.96. The summed E-state index contributed by atoms with van der Waals surface area (Å²) in [4.78, 5) is 17.4. The molecule has 8 heteroatoms. The number of amides is 1. The molecule has 0 atom stereocenters. The van der Waals surface area contributed by atoms with Gasteiger partial charge in [0, 0.05) is 35.7 Å². The van der Waals surface area contributed by atoms with Gasteiger partial charge in [-0.1, -0.05) is 32.0 Å². The fourth-order valence-corrected chi connectivity index (χ4v) is 5.31. The number of rotatable bonds is 6. The zero-order valence-corrected chi connectivity index (χ0v) is 20.7. The van der Waals surface area contributed by atoms with E-state index >= 15 is 0 Å². The van der Waals surface area contributed by atoms with Gasteiger partial charge in [0.1, 0.15) is 5.84 Å². The number of anilines is 1. The quantitative estimate of drug-likeness (QED) is 0.526. The highest BCUT2D eigenvalue weighted by Gasteiger charge is 2.20. The first-order valence-electron chi connectivity index (χ1n) is 11.4. The van der Waals surface area contributed by atoms with Crippen molar-refractivity contribution in [3.63, 3.8) is 0 Å². The summed E-state index contributed by atoms with van der Waals surface area (Å²) in [5.74, 6) is 0.632. The number of aliphatic imine (C=N–C) groups is 1. The monoisotopic (exact) mass is 478 g/mol. The van der Waals surface area contributed by atoms with E-state index in [4.69, 9.17) is 0 Å². The van der Waals surface area contributed by atoms with Crippen LogP contribution in [0, 0.1) is 13.8 Å². The van der Waals surface area contributed by atoms with Gasteiger partial charge >= 0.3 is 0 Å². The van der Waals surface area contributed by atoms with E-state index in [0.29, 0.717) is 36.0 Å². The van der Waals surface area contributed by atoms with Crippen molar-refractivity contribution < 1.29 is 13.2 Å². The number of carbonyl (C=O) groups excluding carboxylic acids is 1. The highest BCUT2D eigenvalue weighted by molar-refractivity contribution is 7.90. The molecule has 7 nitrogen and oxygen atoms in total. The van der Waals surface area contributed by atoms with Gasteiger partial charge in [-0.05, 0) is 68.1 Å². The molecule has 4 rings (SSSR count). The molecule has 178 valence electrons. The standard InChI is InChI=1S/C26H30N4O3S/c1-17(2)20-10-12-22(13-11-20)30-18(3)15-24(19(30)4)26(31)28-21-7-5-8-23(16-21)34(32,33)29-25-9-6-14-27-25/h5,7-8,10-13,15-17H,6,9,14H2,1-4H3,(H,27,29)(H,28,31). The Morgan fingerprint density at radius 1 is 1.06 bits per heavy atom. The Bertz CT molecular complexity index is 1350. The van der Waals surface area contributed by atoms with Crippen LogP contribution in [-0.4, -0.2) is 31.3 Å². The van der Waals surface area contributed by atoms with Crippen LogP contribution in [0.1, 0.15) is 59.9 Å². The highest BCUT2D eigenvalue weighted by Crippen LogP contribution is 2.24. The molecule has 1 aliphatic rings. The smallest absolute Gasteiger partial charge is 0.262 e. The van der Waals surface area contributed by atoms with Crippen LogP contribution < -0.4 is 10.0 Å². The van der Waals surface area contributed by atoms with Crippen LogP contribution in [0.15, 0.2) is 64.5 Å². The molecule has 1 amide bonds. The van der Waals surface area contributed by atoms with Gasteiger partial charge in [-0.3, -0.25) is 14.5 Å². The van der Waals surface area contributed by atoms with Crippen LogP contribution in [0.4, 0.5) is 5.69 Å². The van der Waals surface area contributed by atoms with E-state index in [2.05, 4.69) is 53.1 Å². The average Bonchev–Trinajstić information content (AvgIpc) is 3.40. The second-order valence-electron chi connectivity index (χ2n) is 8.89. The second kappa shape index (κ2) is 9.46. The van der Waals surface area contributed by atoms with E-state index in [9.17, 15) is 13.2 Å². The Morgan fingerprint density at radius 2 is 1.79 bits per heavy atom. The molecule has 0 fully saturated rings. The summed E-state index contributed by atoms with van der Waals surface area (Å²) >= 11 is 0. The zero-order valence-electron chi connectivity index (χ0n) is 19.9. The van der Waals surface area contributed by atoms with Crippen molar-refractivity contribution in [2.45, 2.75) is 51.3 Å². The minimum Gasteiger partial charge on any atom is -0.322 e. The maximum absolute atomic E-state index is 13.1. The van der Waals surface area contributed by atoms with Crippen LogP contribution in [0.2, 0.25) is 0 Å². The molecule has 0 aliphatic carbocycles. The number of aryl methyl sites for hydroxylation is 1. The summed E-state index contributed by atoms with van der Waals surface area (Å²) < 4.78 is 30.0. The lowest BCUT2D eigenvalue weighted by Gasteiger charge is -2.12. The first-order valence-corrected chi connectivity index (χ1v) is 12.9. The highest BCUT2D eigenvalue weighted by atomic mass is 32.2. The Kier molecular flexibility index (Phi) is 6.61. The molecule has 0 saturated carbocycles. The molecule has 1 aliphatic heterocycles. The lowest BCUT2D eigenvalue weighted by Crippen LogP contribution is -2.29. The van der Waals surface area contributed by atoms with Gasteiger partial charge in [0.05, 0.1) is 10.5 Å². The van der Waals surface area contributed by atoms with Crippen molar-refractivity contribution >= 4 is 27.5 Å². The number of amidine groups is 1. The molecule has 2 heterocycles. The molecule has 3 aromatic rings. The van der Waals surface area contributed by atoms with Crippen LogP contribution >= 0.6 is 0 Å². The van der Waals surface area contributed by atoms with Crippen molar-refractivity contribution in [2.24, 2.45) is 4.99 Å². The first-order chi connectivity index (χ1) is 16.2. The summed E-state index contributed by atoms with van der Waals surface area (Å²) in [6, 6.07) is 16.4. The van der Waals surface area contributed by atoms with Gasteiger partial charge in [-0.2, -0.15) is 0 Å². The van der Waals surface area contributed by atoms with Crippen molar-refractivity contribution in [3.8, 4) is 5.69 Å². The predicted octanol–water partition coefficient (Wildman–Crippen LogP) is 4.94. The molecule has 2 aromatic carbocycles. The molecular weight excluding hydrogens is 448 g/mol. The molecule has 0 radical (unpaired) electrons. The average molecular weight is 479 g/mol. The minimum absolute atomic E-state index is 0.0793. The van der Waals surface area contributed by atoms with Crippen molar-refractivity contribution in [2.75, 3.05) is 11.9 Å². The van der Waals surface area contributed by atoms with E-state index in [1.165, 1.54) is 17.7 Å². The number of hydrogen-bond acceptors (Lipinski definition) is 4. The van der Waals surface area contributed by atoms with Gasteiger partial charge < -0.3 is 9.88 Å². The molecule has 0 bridgehead atoms. The number of nitrogens with zero attached hydrogens (tertiary/aromatic N) is 2. The maximum Gasteiger partial charge on any atom is 0.262 e. The van der Waals surface area contributed by atoms with Gasteiger partial charge in [0.25, 0.3) is 15.9 Å². The third kappa shape index (κ3) is 4.92. The van der Waals surface area contributed by atoms with Crippen LogP contribution in [0.3, 0.4) is 0 Å². The lowest BCUT2D eigenvalue weighted by atomic mass is 10.0. The Morgan fingerprint density at radius 3 is 2.44 bits per heavy atom. The number of hydrogen-bond donors (Lipinski definition) is 2. The third-order valence-corrected chi connectivity index (χ3v) is 7.40. The molecule has 1 aromatic heterocycles. The van der Waals surface area contributed by atoms with Crippen molar-refractivity contribution in [1.82, 2.24) is 9.29 Å². The van der Waals surface area contributed by atoms with E-state index in [-0.39, 0.29) is 10.8 Å². The molecular formula is C26H30N4O3S. The fourth-order valence-electron chi connectivity index (χ4n) is 4.17. The van der Waals surface area contributed by atoms with Gasteiger partial charge in [0.15, 0.2) is 0 Å². The summed E-state index contributed by atoms with van der Waals surface area (Å²) in [6.07, 6.45) is 1.46. The third-order valence-electron chi connectivity index (χ3n) is 6.02. The fraction of sp³-hybridized carbons (Fsp3) is 0.308. The maximum atomic E-state index is 13.1. The Hall–Kier alpha value is -3.39. The van der Waals surface area contributed by atoms with Gasteiger partial charge in [0.2, 0.25) is 0 Å². The summed E-state index contributed by atoms with van der Waals surface area (Å²) in [5, 5.41) is 2.85. The van der Waals surface area contributed by atoms with E-state index < -0.39 is 10.0 Å². The van der Waals surface area contributed by atoms with E-state index in [0.717, 1.165) is 23.5 Å². The van der Waals surface area contributed by atoms with Crippen LogP contribution in [-0.2, 0) is 10.0 Å². The molecule has 0 saturated heterocycles. The normalized spacial score (nSPS) is 13.7. The second-order valence-corrected chi connectivity index (χ2v) is 10.6. The van der Waals surface area contributed by atoms with Crippen LogP contribution in [0.5, 0.6) is 0 Å². The van der Waals surface area contributed by atoms with Crippen LogP contribution in [0.25, 0.3) is 5.69 Å². The number of sulfonamides is 1. The number of nitrogens with one attached hydrogen (secondary N) is 2. The molecule has 34 heavy (non-hydrogen) atoms. The number of aromatic nitrogens is 1. The first kappa shape index (κ1) is 23.8. The molecule has 0 spiro atoms. The topological polar surface area (TPSA) is 92.6 Å². The SMILES string of the molecule is Cc1cc(C(=O)Nc2cccc(S(=O)(=O)NC3=NCCC3)c2)c(C)n1-c1ccc(C(C)C)cc1. The predicted molar refractivity (Wildman–Crippen MR) is 136 cm³/mol. The number of benzene rings is 2. The zero-order chi connectivity index (χ0) is 24.5. The van der Waals surface area contributed by atoms with Gasteiger partial charge in [-0.15, -0.1) is 0 Å². The summed E-state index contributed by atoms with van der Waals surface area (Å²) in [6.45, 7) is 8.82. The Labute approximate surface area is 201 Å². The van der Waals surface area contributed by atoms with Gasteiger partial charge in [-0.25, -0.2) is 8.42 Å². The Balaban J connectivity index is 1.55. The largest absolute Gasteiger partial charge is 0.322 e. The molecule has 2 N–H and O–H groups in total. The molecule has 0 unspecified atom stereocenters. The summed E-state index contributed by atoms with van der Waals surface area (Å²) in [7, 11) is -3.76. The van der Waals surface area contributed by atoms with Crippen molar-refractivity contribution in [3.05, 3.63) is 77.1 Å². The van der Waals surface area contributed by atoms with E-state index in [1.54, 1.807) is 12.1 Å². The van der Waals surface area contributed by atoms with Crippen molar-refractivity contribution in [1.29, 1.82) is 0 Å². The lowest BCUT2D eigenvalue weighted by molar-refractivity contribution is 0.102. The number of carbonyl (C=O) groups is 1. The minimum atomic E-state index is -3.76. The van der Waals surface area contributed by atoms with E-state index in [1.807, 2.05) is 24.5 Å².